The van der Waals surface area contributed by atoms with Crippen molar-refractivity contribution in [1.29, 1.82) is 0 Å². The van der Waals surface area contributed by atoms with Crippen LogP contribution in [0.1, 0.15) is 19.3 Å². The van der Waals surface area contributed by atoms with Crippen molar-refractivity contribution in [3.05, 3.63) is 24.5 Å². The van der Waals surface area contributed by atoms with Crippen LogP contribution in [-0.4, -0.2) is 17.4 Å². The van der Waals surface area contributed by atoms with Crippen LogP contribution in [-0.2, 0) is 4.79 Å². The van der Waals surface area contributed by atoms with Crippen molar-refractivity contribution in [2.24, 2.45) is 0 Å². The molecule has 2 heterocycles. The Balaban J connectivity index is 2.20. The van der Waals surface area contributed by atoms with Crippen LogP contribution in [0.5, 0.6) is 0 Å². The first kappa shape index (κ1) is 8.23. The number of carbonyl (C=O) groups excluding carboxylic acids is 1. The molecule has 3 nitrogen and oxygen atoms in total. The summed E-state index contributed by atoms with van der Waals surface area (Å²) in [6.07, 6.45) is 7.23. The summed E-state index contributed by atoms with van der Waals surface area (Å²) in [6.45, 7) is 0.807. The fourth-order valence-electron chi connectivity index (χ4n) is 1.53. The number of pyridine rings is 1. The lowest BCUT2D eigenvalue weighted by Gasteiger charge is -2.25. The van der Waals surface area contributed by atoms with Crippen LogP contribution in [0, 0.1) is 6.20 Å². The predicted octanol–water partition coefficient (Wildman–Crippen LogP) is 1.40. The minimum atomic E-state index is 0.190. The Morgan fingerprint density at radius 1 is 1.46 bits per heavy atom. The maximum Gasteiger partial charge on any atom is 0.227 e. The Kier molecular flexibility index (Phi) is 2.25. The Morgan fingerprint density at radius 2 is 2.38 bits per heavy atom. The highest BCUT2D eigenvalue weighted by Crippen LogP contribution is 2.18. The highest BCUT2D eigenvalue weighted by molar-refractivity contribution is 5.93. The third kappa shape index (κ3) is 1.69. The lowest BCUT2D eigenvalue weighted by molar-refractivity contribution is -0.119. The zero-order chi connectivity index (χ0) is 9.10. The van der Waals surface area contributed by atoms with E-state index < -0.39 is 0 Å². The van der Waals surface area contributed by atoms with E-state index in [0.29, 0.717) is 6.42 Å². The van der Waals surface area contributed by atoms with Gasteiger partial charge in [-0.25, -0.2) is 0 Å². The maximum absolute atomic E-state index is 11.5. The summed E-state index contributed by atoms with van der Waals surface area (Å²) in [5.74, 6) is 0.190. The van der Waals surface area contributed by atoms with Gasteiger partial charge < -0.3 is 4.90 Å². The molecule has 2 rings (SSSR count). The molecule has 0 bridgehead atoms. The molecule has 1 saturated heterocycles. The average molecular weight is 175 g/mol. The normalized spacial score (nSPS) is 17.5. The van der Waals surface area contributed by atoms with Gasteiger partial charge in [0.25, 0.3) is 0 Å². The van der Waals surface area contributed by atoms with Crippen molar-refractivity contribution in [3.63, 3.8) is 0 Å². The quantitative estimate of drug-likeness (QED) is 0.646. The summed E-state index contributed by atoms with van der Waals surface area (Å²) in [6, 6.07) is 3.70. The molecule has 0 atom stereocenters. The van der Waals surface area contributed by atoms with Crippen molar-refractivity contribution < 1.29 is 4.79 Å². The molecule has 1 aliphatic heterocycles. The average Bonchev–Trinajstić information content (AvgIpc) is 2.20. The zero-order valence-electron chi connectivity index (χ0n) is 7.36. The third-order valence-electron chi connectivity index (χ3n) is 2.21. The van der Waals surface area contributed by atoms with E-state index in [4.69, 9.17) is 0 Å². The Labute approximate surface area is 77.4 Å². The first-order valence-corrected chi connectivity index (χ1v) is 4.51. The van der Waals surface area contributed by atoms with Gasteiger partial charge >= 0.3 is 0 Å². The molecular weight excluding hydrogens is 164 g/mol. The number of piperidine rings is 1. The van der Waals surface area contributed by atoms with Gasteiger partial charge in [0, 0.05) is 19.2 Å². The molecule has 0 saturated carbocycles. The highest BCUT2D eigenvalue weighted by atomic mass is 16.2. The monoisotopic (exact) mass is 175 g/mol. The second-order valence-electron chi connectivity index (χ2n) is 3.14. The predicted molar refractivity (Wildman–Crippen MR) is 49.3 cm³/mol. The Hall–Kier alpha value is -1.38. The molecule has 1 aliphatic rings. The summed E-state index contributed by atoms with van der Waals surface area (Å²) in [4.78, 5) is 17.1. The van der Waals surface area contributed by atoms with Crippen molar-refractivity contribution in [2.75, 3.05) is 11.4 Å². The summed E-state index contributed by atoms with van der Waals surface area (Å²) in [5, 5.41) is 0. The van der Waals surface area contributed by atoms with Gasteiger partial charge in [-0.1, -0.05) is 0 Å². The number of hydrogen-bond acceptors (Lipinski definition) is 2. The fraction of sp³-hybridized carbons (Fsp3) is 0.400. The molecule has 13 heavy (non-hydrogen) atoms. The molecule has 67 valence electrons. The number of anilines is 1. The van der Waals surface area contributed by atoms with Gasteiger partial charge in [0.15, 0.2) is 0 Å². The van der Waals surface area contributed by atoms with Crippen LogP contribution >= 0.6 is 0 Å². The summed E-state index contributed by atoms with van der Waals surface area (Å²) < 4.78 is 0. The van der Waals surface area contributed by atoms with Crippen molar-refractivity contribution >= 4 is 11.6 Å². The molecule has 1 radical (unpaired) electrons. The molecule has 1 fully saturated rings. The SMILES string of the molecule is O=C1CCCCN1c1[c]nccc1. The van der Waals surface area contributed by atoms with Crippen LogP contribution in [0.15, 0.2) is 18.3 Å². The molecule has 1 aromatic rings. The second kappa shape index (κ2) is 3.56. The maximum atomic E-state index is 11.5. The van der Waals surface area contributed by atoms with E-state index in [1.807, 2.05) is 12.1 Å². The van der Waals surface area contributed by atoms with Gasteiger partial charge in [-0.05, 0) is 25.0 Å². The van der Waals surface area contributed by atoms with E-state index in [1.165, 1.54) is 0 Å². The minimum Gasteiger partial charge on any atom is -0.310 e. The van der Waals surface area contributed by atoms with E-state index in [2.05, 4.69) is 11.2 Å². The lowest BCUT2D eigenvalue weighted by Crippen LogP contribution is -2.35. The van der Waals surface area contributed by atoms with Gasteiger partial charge in [-0.2, -0.15) is 0 Å². The number of rotatable bonds is 1. The van der Waals surface area contributed by atoms with Crippen LogP contribution in [0.4, 0.5) is 5.69 Å². The number of amides is 1. The highest BCUT2D eigenvalue weighted by Gasteiger charge is 2.19. The van der Waals surface area contributed by atoms with Crippen LogP contribution in [0.3, 0.4) is 0 Å². The van der Waals surface area contributed by atoms with E-state index >= 15 is 0 Å². The largest absolute Gasteiger partial charge is 0.310 e. The van der Waals surface area contributed by atoms with Crippen molar-refractivity contribution in [3.8, 4) is 0 Å². The van der Waals surface area contributed by atoms with Gasteiger partial charge in [0.05, 0.1) is 5.69 Å². The molecule has 0 unspecified atom stereocenters. The van der Waals surface area contributed by atoms with Gasteiger partial charge in [-0.3, -0.25) is 9.78 Å². The van der Waals surface area contributed by atoms with Gasteiger partial charge in [-0.15, -0.1) is 0 Å². The molecule has 3 heteroatoms. The zero-order valence-corrected chi connectivity index (χ0v) is 7.36. The summed E-state index contributed by atoms with van der Waals surface area (Å²) in [5.41, 5.74) is 0.798. The minimum absolute atomic E-state index is 0.190. The lowest BCUT2D eigenvalue weighted by atomic mass is 10.1. The standard InChI is InChI=1S/C10H11N2O/c13-10-5-1-2-7-12(10)9-4-3-6-11-8-9/h3-4,6H,1-2,5,7H2. The molecule has 1 amide bonds. The fourth-order valence-corrected chi connectivity index (χ4v) is 1.53. The van der Waals surface area contributed by atoms with Crippen molar-refractivity contribution in [1.82, 2.24) is 4.98 Å². The third-order valence-corrected chi connectivity index (χ3v) is 2.21. The molecule has 0 aliphatic carbocycles. The first-order chi connectivity index (χ1) is 6.38. The Morgan fingerprint density at radius 3 is 3.08 bits per heavy atom. The number of aromatic nitrogens is 1. The number of carbonyl (C=O) groups is 1. The topological polar surface area (TPSA) is 33.2 Å². The van der Waals surface area contributed by atoms with E-state index in [9.17, 15) is 4.79 Å². The number of nitrogens with zero attached hydrogens (tertiary/aromatic N) is 2. The molecule has 0 N–H and O–H groups in total. The van der Waals surface area contributed by atoms with E-state index in [1.54, 1.807) is 11.1 Å². The van der Waals surface area contributed by atoms with Crippen LogP contribution < -0.4 is 4.90 Å². The van der Waals surface area contributed by atoms with E-state index in [0.717, 1.165) is 25.1 Å². The van der Waals surface area contributed by atoms with E-state index in [-0.39, 0.29) is 5.91 Å². The second-order valence-corrected chi connectivity index (χ2v) is 3.14. The first-order valence-electron chi connectivity index (χ1n) is 4.51. The summed E-state index contributed by atoms with van der Waals surface area (Å²) in [7, 11) is 0. The number of hydrogen-bond donors (Lipinski definition) is 0. The molecule has 1 aromatic heterocycles. The Bertz CT molecular complexity index is 297. The molecule has 0 spiro atoms. The molecule has 0 aromatic carbocycles. The van der Waals surface area contributed by atoms with Gasteiger partial charge in [0.2, 0.25) is 5.91 Å². The smallest absolute Gasteiger partial charge is 0.227 e. The van der Waals surface area contributed by atoms with Crippen LogP contribution in [0.2, 0.25) is 0 Å². The van der Waals surface area contributed by atoms with Gasteiger partial charge in [0.1, 0.15) is 6.20 Å². The molecular formula is C10H11N2O. The van der Waals surface area contributed by atoms with Crippen molar-refractivity contribution in [2.45, 2.75) is 19.3 Å². The summed E-state index contributed by atoms with van der Waals surface area (Å²) >= 11 is 0. The van der Waals surface area contributed by atoms with Crippen LogP contribution in [0.25, 0.3) is 0 Å².